The van der Waals surface area contributed by atoms with Gasteiger partial charge in [0.15, 0.2) is 10.5 Å². The highest BCUT2D eigenvalue weighted by Crippen LogP contribution is 2.42. The van der Waals surface area contributed by atoms with Crippen LogP contribution in [0.2, 0.25) is 0 Å². The van der Waals surface area contributed by atoms with Gasteiger partial charge in [0.1, 0.15) is 0 Å². The molecule has 0 spiro atoms. The molecule has 1 fully saturated rings. The summed E-state index contributed by atoms with van der Waals surface area (Å²) in [4.78, 5) is 15.6. The minimum absolute atomic E-state index is 0.506. The molecule has 150 valence electrons. The number of fused-ring (bicyclic) bond motifs is 1. The van der Waals surface area contributed by atoms with Crippen molar-refractivity contribution in [3.8, 4) is 0 Å². The molecule has 2 amide bonds. The molecule has 1 saturated heterocycles. The molecular weight excluding hydrogens is 394 g/mol. The number of para-hydroxylation sites is 1. The number of hydrogen-bond donors (Lipinski definition) is 3. The van der Waals surface area contributed by atoms with Crippen LogP contribution < -0.4 is 5.32 Å². The van der Waals surface area contributed by atoms with Crippen LogP contribution in [0.1, 0.15) is 39.2 Å². The summed E-state index contributed by atoms with van der Waals surface area (Å²) in [7, 11) is 0. The van der Waals surface area contributed by atoms with Crippen molar-refractivity contribution in [1.82, 2.24) is 20.4 Å². The molecule has 2 aromatic rings. The van der Waals surface area contributed by atoms with Crippen molar-refractivity contribution in [3.05, 3.63) is 36.0 Å². The lowest BCUT2D eigenvalue weighted by molar-refractivity contribution is -0.118. The third kappa shape index (κ3) is 4.16. The number of nitrogens with one attached hydrogen (secondary N) is 2. The summed E-state index contributed by atoms with van der Waals surface area (Å²) in [5, 5.41) is 21.1. The Kier molecular flexibility index (Phi) is 6.26. The van der Waals surface area contributed by atoms with E-state index in [1.54, 1.807) is 6.21 Å². The van der Waals surface area contributed by atoms with Crippen LogP contribution >= 0.6 is 24.0 Å². The zero-order valence-corrected chi connectivity index (χ0v) is 17.8. The standard InChI is InChI=1S/C19H25N5O2S2/c1-4-5-10-20-17(25)24(26)16-19(2,3)28-18(27)23(16)22-12-13-11-21-15-9-7-6-8-14(13)15/h6-9,11-12,16,21,26H,4-5,10H2,1-3H3,(H,20,25)/b22-12+/t16-/m0/s1. The molecule has 9 heteroatoms. The van der Waals surface area contributed by atoms with Crippen molar-refractivity contribution in [3.63, 3.8) is 0 Å². The minimum Gasteiger partial charge on any atom is -0.361 e. The van der Waals surface area contributed by atoms with E-state index in [0.717, 1.165) is 29.3 Å². The first-order valence-corrected chi connectivity index (χ1v) is 10.5. The Morgan fingerprint density at radius 2 is 2.25 bits per heavy atom. The maximum Gasteiger partial charge on any atom is 0.343 e. The molecule has 1 aromatic heterocycles. The molecule has 3 rings (SSSR count). The SMILES string of the molecule is CCCCNC(=O)N(O)[C@@H]1N(/N=C/c2c[nH]c3ccccc23)C(=S)SC1(C)C. The molecule has 2 heterocycles. The van der Waals surface area contributed by atoms with E-state index in [4.69, 9.17) is 12.2 Å². The quantitative estimate of drug-likeness (QED) is 0.215. The van der Waals surface area contributed by atoms with E-state index >= 15 is 0 Å². The fourth-order valence-electron chi connectivity index (χ4n) is 3.12. The Labute approximate surface area is 174 Å². The van der Waals surface area contributed by atoms with Crippen LogP contribution in [0.3, 0.4) is 0 Å². The van der Waals surface area contributed by atoms with Gasteiger partial charge in [-0.25, -0.2) is 9.80 Å². The minimum atomic E-state index is -0.715. The fourth-order valence-corrected chi connectivity index (χ4v) is 4.90. The number of H-pyrrole nitrogens is 1. The van der Waals surface area contributed by atoms with Crippen molar-refractivity contribution < 1.29 is 10.0 Å². The summed E-state index contributed by atoms with van der Waals surface area (Å²) in [6, 6.07) is 7.37. The summed E-state index contributed by atoms with van der Waals surface area (Å²) in [6.45, 7) is 6.41. The molecule has 3 N–H and O–H groups in total. The average molecular weight is 420 g/mol. The highest BCUT2D eigenvalue weighted by atomic mass is 32.2. The van der Waals surface area contributed by atoms with Crippen LogP contribution in [-0.4, -0.2) is 54.3 Å². The molecule has 0 aliphatic carbocycles. The van der Waals surface area contributed by atoms with Crippen molar-refractivity contribution in [1.29, 1.82) is 0 Å². The Bertz CT molecular complexity index is 895. The second-order valence-electron chi connectivity index (χ2n) is 7.15. The molecule has 0 saturated carbocycles. The van der Waals surface area contributed by atoms with E-state index in [2.05, 4.69) is 15.4 Å². The Balaban J connectivity index is 1.83. The zero-order valence-electron chi connectivity index (χ0n) is 16.2. The highest BCUT2D eigenvalue weighted by Gasteiger charge is 2.49. The van der Waals surface area contributed by atoms with Gasteiger partial charge in [0, 0.05) is 29.2 Å². The zero-order chi connectivity index (χ0) is 20.3. The Morgan fingerprint density at radius 1 is 1.50 bits per heavy atom. The van der Waals surface area contributed by atoms with Crippen LogP contribution in [-0.2, 0) is 0 Å². The van der Waals surface area contributed by atoms with Gasteiger partial charge in [-0.1, -0.05) is 55.5 Å². The number of rotatable bonds is 6. The first-order chi connectivity index (χ1) is 13.3. The Morgan fingerprint density at radius 3 is 3.00 bits per heavy atom. The third-order valence-electron chi connectivity index (χ3n) is 4.58. The van der Waals surface area contributed by atoms with Gasteiger partial charge in [-0.15, -0.1) is 0 Å². The molecule has 0 bridgehead atoms. The molecule has 0 radical (unpaired) electrons. The van der Waals surface area contributed by atoms with Crippen LogP contribution in [0.15, 0.2) is 35.6 Å². The number of carbonyl (C=O) groups excluding carboxylic acids is 1. The topological polar surface area (TPSA) is 84.0 Å². The molecule has 7 nitrogen and oxygen atoms in total. The number of thioether (sulfide) groups is 1. The molecular formula is C19H25N5O2S2. The number of thiocarbonyl (C=S) groups is 1. The van der Waals surface area contributed by atoms with Gasteiger partial charge in [-0.05, 0) is 26.3 Å². The van der Waals surface area contributed by atoms with Gasteiger partial charge in [0.05, 0.1) is 11.0 Å². The van der Waals surface area contributed by atoms with Crippen LogP contribution in [0, 0.1) is 0 Å². The van der Waals surface area contributed by atoms with Crippen LogP contribution in [0.4, 0.5) is 4.79 Å². The number of benzene rings is 1. The number of aromatic amines is 1. The summed E-state index contributed by atoms with van der Waals surface area (Å²) >= 11 is 6.88. The van der Waals surface area contributed by atoms with Crippen molar-refractivity contribution in [2.45, 2.75) is 44.5 Å². The number of amides is 2. The maximum absolute atomic E-state index is 12.4. The number of urea groups is 1. The molecule has 1 aromatic carbocycles. The largest absolute Gasteiger partial charge is 0.361 e. The van der Waals surface area contributed by atoms with Gasteiger partial charge in [0.2, 0.25) is 0 Å². The lowest BCUT2D eigenvalue weighted by Gasteiger charge is -2.34. The molecule has 1 aliphatic rings. The normalized spacial score (nSPS) is 18.9. The monoisotopic (exact) mass is 419 g/mol. The number of unbranched alkanes of at least 4 members (excludes halogenated alkanes) is 1. The molecule has 1 aliphatic heterocycles. The van der Waals surface area contributed by atoms with E-state index < -0.39 is 16.9 Å². The second kappa shape index (κ2) is 8.50. The van der Waals surface area contributed by atoms with Gasteiger partial charge >= 0.3 is 6.03 Å². The lowest BCUT2D eigenvalue weighted by Crippen LogP contribution is -2.55. The maximum atomic E-state index is 12.4. The molecule has 28 heavy (non-hydrogen) atoms. The first-order valence-electron chi connectivity index (χ1n) is 9.23. The van der Waals surface area contributed by atoms with Gasteiger partial charge in [-0.2, -0.15) is 10.2 Å². The summed E-state index contributed by atoms with van der Waals surface area (Å²) in [5.41, 5.74) is 1.92. The van der Waals surface area contributed by atoms with E-state index in [-0.39, 0.29) is 0 Å². The van der Waals surface area contributed by atoms with Crippen molar-refractivity contribution in [2.75, 3.05) is 6.54 Å². The number of hydrazone groups is 1. The smallest absolute Gasteiger partial charge is 0.343 e. The summed E-state index contributed by atoms with van der Waals surface area (Å²) in [6.07, 6.45) is 4.66. The summed E-state index contributed by atoms with van der Waals surface area (Å²) in [5.74, 6) is 0. The third-order valence-corrected chi connectivity index (χ3v) is 6.12. The molecule has 0 unspecified atom stereocenters. The van der Waals surface area contributed by atoms with Gasteiger partial charge in [-0.3, -0.25) is 5.21 Å². The lowest BCUT2D eigenvalue weighted by atomic mass is 10.1. The number of hydroxylamine groups is 2. The predicted octanol–water partition coefficient (Wildman–Crippen LogP) is 4.14. The number of nitrogens with zero attached hydrogens (tertiary/aromatic N) is 3. The van der Waals surface area contributed by atoms with Gasteiger partial charge in [0.25, 0.3) is 0 Å². The number of carbonyl (C=O) groups is 1. The first kappa shape index (κ1) is 20.6. The second-order valence-corrected chi connectivity index (χ2v) is 9.44. The highest BCUT2D eigenvalue weighted by molar-refractivity contribution is 8.24. The average Bonchev–Trinajstić information content (AvgIpc) is 3.16. The van der Waals surface area contributed by atoms with E-state index in [1.165, 1.54) is 16.8 Å². The van der Waals surface area contributed by atoms with Crippen LogP contribution in [0.5, 0.6) is 0 Å². The van der Waals surface area contributed by atoms with E-state index in [0.29, 0.717) is 15.9 Å². The van der Waals surface area contributed by atoms with Crippen LogP contribution in [0.25, 0.3) is 10.9 Å². The summed E-state index contributed by atoms with van der Waals surface area (Å²) < 4.78 is -0.0163. The van der Waals surface area contributed by atoms with Crippen molar-refractivity contribution in [2.24, 2.45) is 5.10 Å². The Hall–Kier alpha value is -2.10. The molecule has 1 atom stereocenters. The van der Waals surface area contributed by atoms with E-state index in [1.807, 2.05) is 51.2 Å². The predicted molar refractivity (Wildman–Crippen MR) is 118 cm³/mol. The number of aromatic nitrogens is 1. The number of hydrogen-bond acceptors (Lipinski definition) is 5. The van der Waals surface area contributed by atoms with Gasteiger partial charge < -0.3 is 10.3 Å². The van der Waals surface area contributed by atoms with Crippen molar-refractivity contribution >= 4 is 51.4 Å². The van der Waals surface area contributed by atoms with E-state index in [9.17, 15) is 10.0 Å². The fraction of sp³-hybridized carbons (Fsp3) is 0.421.